The van der Waals surface area contributed by atoms with E-state index in [1.807, 2.05) is 30.3 Å². The summed E-state index contributed by atoms with van der Waals surface area (Å²) >= 11 is 0. The van der Waals surface area contributed by atoms with Gasteiger partial charge in [-0.05, 0) is 17.7 Å². The van der Waals surface area contributed by atoms with E-state index < -0.39 is 12.5 Å². The first kappa shape index (κ1) is 19.8. The van der Waals surface area contributed by atoms with Crippen molar-refractivity contribution < 1.29 is 23.0 Å². The summed E-state index contributed by atoms with van der Waals surface area (Å²) in [5.41, 5.74) is 1.41. The number of hydrogen-bond acceptors (Lipinski definition) is 8. The van der Waals surface area contributed by atoms with Gasteiger partial charge in [-0.15, -0.1) is 0 Å². The highest BCUT2D eigenvalue weighted by Gasteiger charge is 2.34. The predicted octanol–water partition coefficient (Wildman–Crippen LogP) is 3.97. The van der Waals surface area contributed by atoms with Gasteiger partial charge in [-0.3, -0.25) is 14.7 Å². The van der Waals surface area contributed by atoms with E-state index in [1.165, 1.54) is 38.5 Å². The van der Waals surface area contributed by atoms with Crippen LogP contribution in [0.4, 0.5) is 11.6 Å². The average molecular weight is 403 g/mol. The minimum atomic E-state index is -3.69. The maximum Gasteiger partial charge on any atom is 0.384 e. The molecule has 0 atom stereocenters. The van der Waals surface area contributed by atoms with Gasteiger partial charge < -0.3 is 18.8 Å². The van der Waals surface area contributed by atoms with E-state index >= 15 is 0 Å². The third kappa shape index (κ3) is 4.12. The Bertz CT molecular complexity index is 996. The van der Waals surface area contributed by atoms with E-state index in [-0.39, 0.29) is 22.9 Å². The Kier molecular flexibility index (Phi) is 5.89. The van der Waals surface area contributed by atoms with Gasteiger partial charge in [0, 0.05) is 38.5 Å². The zero-order valence-corrected chi connectivity index (χ0v) is 16.1. The molecule has 0 saturated carbocycles. The Morgan fingerprint density at radius 1 is 1.11 bits per heavy atom. The molecule has 28 heavy (non-hydrogen) atoms. The number of nitro groups is 1. The van der Waals surface area contributed by atoms with E-state index in [0.29, 0.717) is 12.1 Å². The predicted molar refractivity (Wildman–Crippen MR) is 104 cm³/mol. The number of benzene rings is 2. The first-order chi connectivity index (χ1) is 13.5. The number of aromatic nitrogens is 1. The van der Waals surface area contributed by atoms with E-state index in [4.69, 9.17) is 13.5 Å². The van der Waals surface area contributed by atoms with Crippen LogP contribution in [0.15, 0.2) is 59.0 Å². The highest BCUT2D eigenvalue weighted by atomic mass is 31.2. The van der Waals surface area contributed by atoms with E-state index in [0.717, 1.165) is 5.56 Å². The first-order valence-corrected chi connectivity index (χ1v) is 9.76. The lowest BCUT2D eigenvalue weighted by molar-refractivity contribution is -0.384. The molecule has 0 spiro atoms. The molecule has 3 rings (SSSR count). The fraction of sp³-hybridized carbons (Fsp3) is 0.167. The molecule has 9 nitrogen and oxygen atoms in total. The molecule has 2 aromatic carbocycles. The zero-order valence-electron chi connectivity index (χ0n) is 15.2. The van der Waals surface area contributed by atoms with Crippen LogP contribution >= 0.6 is 7.60 Å². The largest absolute Gasteiger partial charge is 0.420 e. The number of anilines is 1. The highest BCUT2D eigenvalue weighted by Crippen LogP contribution is 2.47. The van der Waals surface area contributed by atoms with Gasteiger partial charge in [0.05, 0.1) is 4.92 Å². The lowest BCUT2D eigenvalue weighted by Gasteiger charge is -2.12. The fourth-order valence-corrected chi connectivity index (χ4v) is 3.57. The van der Waals surface area contributed by atoms with Gasteiger partial charge in [0.1, 0.15) is 0 Å². The number of nitro benzene ring substituents is 1. The zero-order chi connectivity index (χ0) is 20.1. The third-order valence-corrected chi connectivity index (χ3v) is 5.75. The molecule has 146 valence electrons. The van der Waals surface area contributed by atoms with Crippen molar-refractivity contribution in [1.29, 1.82) is 0 Å². The lowest BCUT2D eigenvalue weighted by Crippen LogP contribution is -2.14. The van der Waals surface area contributed by atoms with Gasteiger partial charge >= 0.3 is 7.60 Å². The summed E-state index contributed by atoms with van der Waals surface area (Å²) in [6.45, 7) is 0.399. The molecule has 1 N–H and O–H groups in total. The van der Waals surface area contributed by atoms with Crippen molar-refractivity contribution in [1.82, 2.24) is 4.98 Å². The Hall–Kier alpha value is -3.00. The second-order valence-electron chi connectivity index (χ2n) is 5.68. The molecule has 0 bridgehead atoms. The minimum absolute atomic E-state index is 0.00165. The van der Waals surface area contributed by atoms with Crippen LogP contribution in [0, 0.1) is 10.1 Å². The van der Waals surface area contributed by atoms with Crippen molar-refractivity contribution in [3.8, 4) is 11.5 Å². The van der Waals surface area contributed by atoms with E-state index in [2.05, 4.69) is 10.3 Å². The number of nitrogens with zero attached hydrogens (tertiary/aromatic N) is 2. The van der Waals surface area contributed by atoms with Crippen LogP contribution in [0.3, 0.4) is 0 Å². The highest BCUT2D eigenvalue weighted by molar-refractivity contribution is 7.62. The van der Waals surface area contributed by atoms with Crippen molar-refractivity contribution >= 4 is 24.6 Å². The Morgan fingerprint density at radius 3 is 2.32 bits per heavy atom. The Balaban J connectivity index is 1.97. The summed E-state index contributed by atoms with van der Waals surface area (Å²) in [7, 11) is -1.18. The van der Waals surface area contributed by atoms with Crippen molar-refractivity contribution in [2.45, 2.75) is 6.54 Å². The van der Waals surface area contributed by atoms with Crippen LogP contribution in [-0.4, -0.2) is 24.1 Å². The van der Waals surface area contributed by atoms with Crippen LogP contribution in [-0.2, 0) is 20.2 Å². The number of oxazole rings is 1. The minimum Gasteiger partial charge on any atom is -0.420 e. The number of non-ortho nitro benzene ring substituents is 1. The van der Waals surface area contributed by atoms with Crippen molar-refractivity contribution in [2.75, 3.05) is 19.5 Å². The van der Waals surface area contributed by atoms with Gasteiger partial charge in [0.25, 0.3) is 5.69 Å². The van der Waals surface area contributed by atoms with E-state index in [1.54, 1.807) is 0 Å². The monoisotopic (exact) mass is 403 g/mol. The van der Waals surface area contributed by atoms with Crippen molar-refractivity contribution in [3.63, 3.8) is 0 Å². The normalized spacial score (nSPS) is 11.4. The molecule has 0 aliphatic carbocycles. The van der Waals surface area contributed by atoms with Crippen LogP contribution in [0.25, 0.3) is 11.5 Å². The van der Waals surface area contributed by atoms with Crippen LogP contribution in [0.1, 0.15) is 5.56 Å². The second-order valence-corrected chi connectivity index (χ2v) is 7.83. The molecule has 3 aromatic rings. The molecular weight excluding hydrogens is 385 g/mol. The molecule has 0 radical (unpaired) electrons. The maximum absolute atomic E-state index is 12.9. The fourth-order valence-electron chi connectivity index (χ4n) is 2.49. The summed E-state index contributed by atoms with van der Waals surface area (Å²) < 4.78 is 28.7. The molecule has 0 aliphatic heterocycles. The summed E-state index contributed by atoms with van der Waals surface area (Å²) in [5.74, 6) is 0.277. The van der Waals surface area contributed by atoms with Gasteiger partial charge in [-0.2, -0.15) is 4.98 Å². The molecule has 1 heterocycles. The quantitative estimate of drug-likeness (QED) is 0.341. The van der Waals surface area contributed by atoms with Crippen LogP contribution < -0.4 is 10.8 Å². The van der Waals surface area contributed by atoms with Gasteiger partial charge in [-0.25, -0.2) is 0 Å². The standard InChI is InChI=1S/C18H18N3O6P/c1-25-28(24,26-2)18-17(19-12-13-6-4-3-5-7-13)27-16(20-18)14-8-10-15(11-9-14)21(22)23/h3-11,19H,12H2,1-2H3. The van der Waals surface area contributed by atoms with Crippen LogP contribution in [0.2, 0.25) is 0 Å². The first-order valence-electron chi connectivity index (χ1n) is 8.22. The summed E-state index contributed by atoms with van der Waals surface area (Å²) in [6, 6.07) is 15.2. The van der Waals surface area contributed by atoms with Crippen molar-refractivity contribution in [2.24, 2.45) is 0 Å². The Morgan fingerprint density at radius 2 is 1.75 bits per heavy atom. The van der Waals surface area contributed by atoms with Crippen LogP contribution in [0.5, 0.6) is 0 Å². The molecule has 0 saturated heterocycles. The average Bonchev–Trinajstić information content (AvgIpc) is 3.17. The summed E-state index contributed by atoms with van der Waals surface area (Å²) in [4.78, 5) is 14.6. The topological polar surface area (TPSA) is 117 Å². The molecule has 10 heteroatoms. The maximum atomic E-state index is 12.9. The molecule has 0 amide bonds. The smallest absolute Gasteiger partial charge is 0.384 e. The Labute approximate surface area is 161 Å². The van der Waals surface area contributed by atoms with Gasteiger partial charge in [-0.1, -0.05) is 30.3 Å². The number of rotatable bonds is 8. The molecule has 0 fully saturated rings. The SMILES string of the molecule is COP(=O)(OC)c1nc(-c2ccc([N+](=O)[O-])cc2)oc1NCc1ccccc1. The van der Waals surface area contributed by atoms with E-state index in [9.17, 15) is 14.7 Å². The molecular formula is C18H18N3O6P. The molecule has 0 aliphatic rings. The molecule has 0 unspecified atom stereocenters. The summed E-state index contributed by atoms with van der Waals surface area (Å²) in [5, 5.41) is 13.9. The second kappa shape index (κ2) is 8.35. The number of hydrogen-bond donors (Lipinski definition) is 1. The summed E-state index contributed by atoms with van der Waals surface area (Å²) in [6.07, 6.45) is 0. The van der Waals surface area contributed by atoms with Gasteiger partial charge in [0.2, 0.25) is 17.2 Å². The number of nitrogens with one attached hydrogen (secondary N) is 1. The van der Waals surface area contributed by atoms with Gasteiger partial charge in [0.15, 0.2) is 0 Å². The molecule has 1 aromatic heterocycles. The lowest BCUT2D eigenvalue weighted by atomic mass is 10.2. The third-order valence-electron chi connectivity index (χ3n) is 3.97. The van der Waals surface area contributed by atoms with Crippen molar-refractivity contribution in [3.05, 3.63) is 70.3 Å².